The van der Waals surface area contributed by atoms with Crippen molar-refractivity contribution in [2.45, 2.75) is 52.5 Å². The third-order valence-corrected chi connectivity index (χ3v) is 6.32. The summed E-state index contributed by atoms with van der Waals surface area (Å²) in [6.07, 6.45) is 7.85. The van der Waals surface area contributed by atoms with Crippen molar-refractivity contribution < 1.29 is 9.32 Å². The number of amides is 1. The van der Waals surface area contributed by atoms with Gasteiger partial charge in [0.2, 0.25) is 5.91 Å². The number of aromatic nitrogens is 3. The molecule has 0 radical (unpaired) electrons. The fraction of sp³-hybridized carbons (Fsp3) is 0.391. The van der Waals surface area contributed by atoms with E-state index >= 15 is 0 Å². The minimum atomic E-state index is -0.355. The Morgan fingerprint density at radius 3 is 2.81 bits per heavy atom. The van der Waals surface area contributed by atoms with Crippen LogP contribution in [0.15, 0.2) is 45.2 Å². The zero-order valence-electron chi connectivity index (χ0n) is 17.8. The number of allylic oxidation sites excluding steroid dienone is 1. The van der Waals surface area contributed by atoms with E-state index in [1.54, 1.807) is 17.4 Å². The summed E-state index contributed by atoms with van der Waals surface area (Å²) in [5, 5.41) is 11.4. The van der Waals surface area contributed by atoms with Gasteiger partial charge in [0, 0.05) is 23.6 Å². The first kappa shape index (κ1) is 21.2. The number of nitrogens with one attached hydrogen (secondary N) is 1. The molecule has 3 heterocycles. The molecule has 0 fully saturated rings. The number of nitrogens with zero attached hydrogens (tertiary/aromatic N) is 3. The monoisotopic (exact) mass is 438 g/mol. The van der Waals surface area contributed by atoms with Gasteiger partial charge in [-0.1, -0.05) is 16.8 Å². The van der Waals surface area contributed by atoms with Gasteiger partial charge in [-0.05, 0) is 58.1 Å². The fourth-order valence-corrected chi connectivity index (χ4v) is 4.58. The maximum atomic E-state index is 12.7. The molecule has 1 N–H and O–H groups in total. The van der Waals surface area contributed by atoms with Crippen LogP contribution in [0.2, 0.25) is 0 Å². The zero-order chi connectivity index (χ0) is 21.8. The molecule has 0 aliphatic heterocycles. The lowest BCUT2D eigenvalue weighted by atomic mass is 9.97. The molecule has 7 nitrogen and oxygen atoms in total. The van der Waals surface area contributed by atoms with Gasteiger partial charge in [-0.15, -0.1) is 11.3 Å². The number of carbonyl (C=O) groups excluding carboxylic acids is 1. The van der Waals surface area contributed by atoms with Gasteiger partial charge in [-0.25, -0.2) is 4.68 Å². The first-order chi connectivity index (χ1) is 15.0. The first-order valence-electron chi connectivity index (χ1n) is 10.6. The van der Waals surface area contributed by atoms with Gasteiger partial charge in [0.25, 0.3) is 5.56 Å². The summed E-state index contributed by atoms with van der Waals surface area (Å²) >= 11 is 1.57. The predicted molar refractivity (Wildman–Crippen MR) is 121 cm³/mol. The minimum absolute atomic E-state index is 0.120. The molecule has 1 aliphatic rings. The summed E-state index contributed by atoms with van der Waals surface area (Å²) in [4.78, 5) is 27.2. The Bertz CT molecular complexity index is 1170. The molecular weight excluding hydrogens is 412 g/mol. The molecule has 0 atom stereocenters. The molecule has 0 aromatic carbocycles. The van der Waals surface area contributed by atoms with Crippen molar-refractivity contribution in [1.82, 2.24) is 20.3 Å². The average Bonchev–Trinajstić information content (AvgIpc) is 3.38. The van der Waals surface area contributed by atoms with E-state index in [0.717, 1.165) is 34.7 Å². The van der Waals surface area contributed by atoms with Crippen LogP contribution in [0.5, 0.6) is 0 Å². The largest absolute Gasteiger partial charge is 0.356 e. The van der Waals surface area contributed by atoms with Gasteiger partial charge in [0.1, 0.15) is 12.2 Å². The Labute approximate surface area is 184 Å². The van der Waals surface area contributed by atoms with Crippen LogP contribution < -0.4 is 10.9 Å². The summed E-state index contributed by atoms with van der Waals surface area (Å²) in [6.45, 7) is 4.29. The number of thiophene rings is 1. The Morgan fingerprint density at radius 1 is 1.26 bits per heavy atom. The SMILES string of the molecule is Cc1cc(-c2cc(=O)n(CC(=O)NCCC3=CCCCC3)nc2-c2ccc(C)s2)on1. The lowest BCUT2D eigenvalue weighted by Gasteiger charge is -2.13. The van der Waals surface area contributed by atoms with Crippen LogP contribution in [0.25, 0.3) is 21.9 Å². The van der Waals surface area contributed by atoms with Crippen LogP contribution in [0, 0.1) is 13.8 Å². The molecule has 0 unspecified atom stereocenters. The second kappa shape index (κ2) is 9.43. The highest BCUT2D eigenvalue weighted by Crippen LogP contribution is 2.33. The lowest BCUT2D eigenvalue weighted by Crippen LogP contribution is -2.34. The van der Waals surface area contributed by atoms with E-state index in [-0.39, 0.29) is 18.0 Å². The molecular formula is C23H26N4O3S. The number of hydrogen-bond acceptors (Lipinski definition) is 6. The van der Waals surface area contributed by atoms with Crippen molar-refractivity contribution in [3.63, 3.8) is 0 Å². The van der Waals surface area contributed by atoms with Crippen LogP contribution in [-0.4, -0.2) is 27.4 Å². The van der Waals surface area contributed by atoms with Gasteiger partial charge in [-0.3, -0.25) is 9.59 Å². The third-order valence-electron chi connectivity index (χ3n) is 5.31. The number of rotatable bonds is 7. The molecule has 4 rings (SSSR count). The second-order valence-electron chi connectivity index (χ2n) is 7.85. The second-order valence-corrected chi connectivity index (χ2v) is 9.14. The molecule has 3 aromatic rings. The van der Waals surface area contributed by atoms with Crippen molar-refractivity contribution in [3.8, 4) is 21.9 Å². The average molecular weight is 439 g/mol. The number of carbonyl (C=O) groups is 1. The molecule has 162 valence electrons. The fourth-order valence-electron chi connectivity index (χ4n) is 3.71. The van der Waals surface area contributed by atoms with Crippen LogP contribution in [0.3, 0.4) is 0 Å². The molecule has 0 saturated heterocycles. The highest BCUT2D eigenvalue weighted by Gasteiger charge is 2.18. The van der Waals surface area contributed by atoms with Gasteiger partial charge >= 0.3 is 0 Å². The highest BCUT2D eigenvalue weighted by atomic mass is 32.1. The Kier molecular flexibility index (Phi) is 6.46. The smallest absolute Gasteiger partial charge is 0.268 e. The zero-order valence-corrected chi connectivity index (χ0v) is 18.6. The maximum Gasteiger partial charge on any atom is 0.268 e. The summed E-state index contributed by atoms with van der Waals surface area (Å²) < 4.78 is 6.60. The van der Waals surface area contributed by atoms with Gasteiger partial charge < -0.3 is 9.84 Å². The van der Waals surface area contributed by atoms with E-state index in [2.05, 4.69) is 21.6 Å². The third kappa shape index (κ3) is 5.19. The molecule has 31 heavy (non-hydrogen) atoms. The summed E-state index contributed by atoms with van der Waals surface area (Å²) in [5.74, 6) is 0.267. The van der Waals surface area contributed by atoms with Gasteiger partial charge in [0.15, 0.2) is 5.76 Å². The standard InChI is InChI=1S/C23H26N4O3S/c1-15-12-19(30-26-15)18-13-22(29)27(25-23(18)20-9-8-16(2)31-20)14-21(28)24-11-10-17-6-4-3-5-7-17/h6,8-9,12-13H,3-5,7,10-11,14H2,1-2H3,(H,24,28). The van der Waals surface area contributed by atoms with E-state index in [0.29, 0.717) is 23.6 Å². The molecule has 3 aromatic heterocycles. The van der Waals surface area contributed by atoms with Crippen LogP contribution in [0.1, 0.15) is 42.7 Å². The first-order valence-corrected chi connectivity index (χ1v) is 11.4. The molecule has 0 bridgehead atoms. The molecule has 0 spiro atoms. The molecule has 1 amide bonds. The summed E-state index contributed by atoms with van der Waals surface area (Å²) in [6, 6.07) is 7.20. The Hall–Kier alpha value is -3.00. The van der Waals surface area contributed by atoms with E-state index < -0.39 is 0 Å². The van der Waals surface area contributed by atoms with Gasteiger partial charge in [-0.2, -0.15) is 5.10 Å². The minimum Gasteiger partial charge on any atom is -0.356 e. The Balaban J connectivity index is 1.54. The topological polar surface area (TPSA) is 90.0 Å². The molecule has 8 heteroatoms. The van der Waals surface area contributed by atoms with Crippen LogP contribution in [-0.2, 0) is 11.3 Å². The van der Waals surface area contributed by atoms with E-state index in [4.69, 9.17) is 4.52 Å². The molecule has 0 saturated carbocycles. The van der Waals surface area contributed by atoms with Crippen molar-refractivity contribution in [1.29, 1.82) is 0 Å². The van der Waals surface area contributed by atoms with Crippen molar-refractivity contribution in [3.05, 3.63) is 56.8 Å². The quantitative estimate of drug-likeness (QED) is 0.557. The summed E-state index contributed by atoms with van der Waals surface area (Å²) in [5.41, 5.74) is 2.96. The van der Waals surface area contributed by atoms with E-state index in [1.165, 1.54) is 29.2 Å². The number of hydrogen-bond donors (Lipinski definition) is 1. The maximum absolute atomic E-state index is 12.7. The van der Waals surface area contributed by atoms with Crippen LogP contribution >= 0.6 is 11.3 Å². The highest BCUT2D eigenvalue weighted by molar-refractivity contribution is 7.15. The predicted octanol–water partition coefficient (Wildman–Crippen LogP) is 4.25. The van der Waals surface area contributed by atoms with E-state index in [1.807, 2.05) is 26.0 Å². The summed E-state index contributed by atoms with van der Waals surface area (Å²) in [7, 11) is 0. The normalized spacial score (nSPS) is 13.8. The Morgan fingerprint density at radius 2 is 2.13 bits per heavy atom. The van der Waals surface area contributed by atoms with Crippen LogP contribution in [0.4, 0.5) is 0 Å². The van der Waals surface area contributed by atoms with Crippen molar-refractivity contribution in [2.75, 3.05) is 6.54 Å². The lowest BCUT2D eigenvalue weighted by molar-refractivity contribution is -0.121. The van der Waals surface area contributed by atoms with Gasteiger partial charge in [0.05, 0.1) is 16.1 Å². The molecule has 1 aliphatic carbocycles. The van der Waals surface area contributed by atoms with Crippen molar-refractivity contribution >= 4 is 17.2 Å². The number of aryl methyl sites for hydroxylation is 2. The van der Waals surface area contributed by atoms with Crippen molar-refractivity contribution in [2.24, 2.45) is 0 Å². The van der Waals surface area contributed by atoms with E-state index in [9.17, 15) is 9.59 Å².